The number of nitrogens with one attached hydrogen (secondary N) is 1. The van der Waals surface area contributed by atoms with Gasteiger partial charge in [0.2, 0.25) is 0 Å². The number of hydrogen-bond donors (Lipinski definition) is 1. The summed E-state index contributed by atoms with van der Waals surface area (Å²) < 4.78 is 43.5. The van der Waals surface area contributed by atoms with E-state index in [4.69, 9.17) is 0 Å². The third-order valence-corrected chi connectivity index (χ3v) is 7.73. The SMILES string of the molecule is CCc1ccc(S(=O)(=O)Nc2cc(-n3c(C)nc4ccccc4c3=O)ccc2F)s1. The van der Waals surface area contributed by atoms with Crippen molar-refractivity contribution in [2.24, 2.45) is 0 Å². The fourth-order valence-corrected chi connectivity index (χ4v) is 5.52. The second-order valence-corrected chi connectivity index (χ2v) is 9.74. The summed E-state index contributed by atoms with van der Waals surface area (Å²) in [6.45, 7) is 3.59. The van der Waals surface area contributed by atoms with Crippen LogP contribution in [0, 0.1) is 12.7 Å². The molecule has 0 aliphatic carbocycles. The van der Waals surface area contributed by atoms with Gasteiger partial charge >= 0.3 is 0 Å². The van der Waals surface area contributed by atoms with Crippen LogP contribution in [0.25, 0.3) is 16.6 Å². The number of fused-ring (bicyclic) bond motifs is 1. The summed E-state index contributed by atoms with van der Waals surface area (Å²) in [5, 5.41) is 0.417. The third-order valence-electron chi connectivity index (χ3n) is 4.65. The van der Waals surface area contributed by atoms with Crippen LogP contribution in [0.4, 0.5) is 10.1 Å². The number of benzene rings is 2. The first-order valence-corrected chi connectivity index (χ1v) is 11.5. The third kappa shape index (κ3) is 3.61. The Morgan fingerprint density at radius 2 is 1.90 bits per heavy atom. The highest BCUT2D eigenvalue weighted by Crippen LogP contribution is 2.27. The van der Waals surface area contributed by atoms with Crippen LogP contribution >= 0.6 is 11.3 Å². The molecule has 0 saturated carbocycles. The smallest absolute Gasteiger partial charge is 0.271 e. The van der Waals surface area contributed by atoms with Gasteiger partial charge in [-0.2, -0.15) is 0 Å². The number of hydrogen-bond acceptors (Lipinski definition) is 5. The van der Waals surface area contributed by atoms with Crippen LogP contribution in [-0.2, 0) is 16.4 Å². The maximum absolute atomic E-state index is 14.4. The van der Waals surface area contributed by atoms with Crippen LogP contribution in [0.15, 0.2) is 63.6 Å². The number of aromatic nitrogens is 2. The highest BCUT2D eigenvalue weighted by molar-refractivity contribution is 7.94. The quantitative estimate of drug-likeness (QED) is 0.500. The van der Waals surface area contributed by atoms with Gasteiger partial charge in [0.05, 0.1) is 22.3 Å². The van der Waals surface area contributed by atoms with E-state index >= 15 is 0 Å². The minimum absolute atomic E-state index is 0.102. The van der Waals surface area contributed by atoms with Crippen molar-refractivity contribution < 1.29 is 12.8 Å². The summed E-state index contributed by atoms with van der Waals surface area (Å²) in [6, 6.07) is 14.0. The van der Waals surface area contributed by atoms with Crippen molar-refractivity contribution >= 4 is 38.0 Å². The average molecular weight is 444 g/mol. The summed E-state index contributed by atoms with van der Waals surface area (Å²) in [6.07, 6.45) is 0.710. The van der Waals surface area contributed by atoms with Crippen molar-refractivity contribution in [2.75, 3.05) is 4.72 Å². The standard InChI is InChI=1S/C21H18FN3O3S2/c1-3-15-9-11-20(29-15)30(27,28)24-19-12-14(8-10-17(19)22)25-13(2)23-18-7-5-4-6-16(18)21(25)26/h4-12,24H,3H2,1-2H3. The van der Waals surface area contributed by atoms with E-state index in [1.54, 1.807) is 37.3 Å². The molecular weight excluding hydrogens is 425 g/mol. The van der Waals surface area contributed by atoms with Gasteiger partial charge < -0.3 is 0 Å². The van der Waals surface area contributed by atoms with Crippen molar-refractivity contribution in [2.45, 2.75) is 24.5 Å². The molecule has 0 radical (unpaired) electrons. The zero-order valence-corrected chi connectivity index (χ0v) is 17.8. The number of aryl methyl sites for hydroxylation is 2. The van der Waals surface area contributed by atoms with Gasteiger partial charge in [-0.3, -0.25) is 14.1 Å². The topological polar surface area (TPSA) is 81.1 Å². The Labute approximate surface area is 176 Å². The Morgan fingerprint density at radius 3 is 2.63 bits per heavy atom. The van der Waals surface area contributed by atoms with Gasteiger partial charge in [0.1, 0.15) is 15.9 Å². The molecule has 0 atom stereocenters. The van der Waals surface area contributed by atoms with Crippen molar-refractivity contribution in [3.8, 4) is 5.69 Å². The minimum atomic E-state index is -3.95. The first-order valence-electron chi connectivity index (χ1n) is 9.20. The number of halogens is 1. The van der Waals surface area contributed by atoms with Gasteiger partial charge in [0.25, 0.3) is 15.6 Å². The summed E-state index contributed by atoms with van der Waals surface area (Å²) in [4.78, 5) is 18.3. The summed E-state index contributed by atoms with van der Waals surface area (Å²) in [5.74, 6) is -0.334. The predicted molar refractivity (Wildman–Crippen MR) is 117 cm³/mol. The monoisotopic (exact) mass is 443 g/mol. The molecule has 2 aromatic carbocycles. The summed E-state index contributed by atoms with van der Waals surface area (Å²) >= 11 is 1.13. The maximum atomic E-state index is 14.4. The second kappa shape index (κ2) is 7.66. The lowest BCUT2D eigenvalue weighted by molar-refractivity contribution is 0.600. The molecule has 0 spiro atoms. The molecule has 9 heteroatoms. The maximum Gasteiger partial charge on any atom is 0.271 e. The Kier molecular flexibility index (Phi) is 5.17. The molecule has 4 aromatic rings. The first-order chi connectivity index (χ1) is 14.3. The Morgan fingerprint density at radius 1 is 1.13 bits per heavy atom. The number of thiophene rings is 1. The minimum Gasteiger partial charge on any atom is -0.276 e. The zero-order valence-electron chi connectivity index (χ0n) is 16.2. The fourth-order valence-electron chi connectivity index (χ4n) is 3.17. The van der Waals surface area contributed by atoms with Crippen LogP contribution in [0.3, 0.4) is 0 Å². The van der Waals surface area contributed by atoms with E-state index < -0.39 is 15.8 Å². The molecule has 0 aliphatic rings. The molecule has 0 bridgehead atoms. The van der Waals surface area contributed by atoms with Gasteiger partial charge in [0.15, 0.2) is 0 Å². The van der Waals surface area contributed by atoms with Crippen LogP contribution in [0.1, 0.15) is 17.6 Å². The molecule has 2 heterocycles. The van der Waals surface area contributed by atoms with Gasteiger partial charge in [-0.05, 0) is 55.8 Å². The molecular formula is C21H18FN3O3S2. The molecule has 0 unspecified atom stereocenters. The molecule has 154 valence electrons. The van der Waals surface area contributed by atoms with E-state index in [2.05, 4.69) is 9.71 Å². The van der Waals surface area contributed by atoms with Crippen molar-refractivity contribution in [3.63, 3.8) is 0 Å². The van der Waals surface area contributed by atoms with Crippen LogP contribution in [0.2, 0.25) is 0 Å². The summed E-state index contributed by atoms with van der Waals surface area (Å²) in [7, 11) is -3.95. The van der Waals surface area contributed by atoms with Crippen molar-refractivity contribution in [3.05, 3.63) is 81.5 Å². The molecule has 30 heavy (non-hydrogen) atoms. The van der Waals surface area contributed by atoms with Crippen LogP contribution in [-0.4, -0.2) is 18.0 Å². The van der Waals surface area contributed by atoms with E-state index in [1.165, 1.54) is 22.8 Å². The van der Waals surface area contributed by atoms with E-state index in [9.17, 15) is 17.6 Å². The van der Waals surface area contributed by atoms with E-state index in [-0.39, 0.29) is 15.5 Å². The lowest BCUT2D eigenvalue weighted by Gasteiger charge is -2.13. The Hall–Kier alpha value is -3.04. The Balaban J connectivity index is 1.80. The van der Waals surface area contributed by atoms with Gasteiger partial charge in [-0.1, -0.05) is 19.1 Å². The van der Waals surface area contributed by atoms with Gasteiger partial charge in [-0.25, -0.2) is 17.8 Å². The largest absolute Gasteiger partial charge is 0.276 e. The molecule has 0 saturated heterocycles. The predicted octanol–water partition coefficient (Wildman–Crippen LogP) is 4.26. The van der Waals surface area contributed by atoms with Crippen molar-refractivity contribution in [1.82, 2.24) is 9.55 Å². The Bertz CT molecular complexity index is 1430. The number of para-hydroxylation sites is 1. The second-order valence-electron chi connectivity index (χ2n) is 6.66. The first kappa shape index (κ1) is 20.2. The number of anilines is 1. The van der Waals surface area contributed by atoms with Gasteiger partial charge in [0, 0.05) is 4.88 Å². The van der Waals surface area contributed by atoms with Crippen molar-refractivity contribution in [1.29, 1.82) is 0 Å². The van der Waals surface area contributed by atoms with Crippen LogP contribution in [0.5, 0.6) is 0 Å². The van der Waals surface area contributed by atoms with E-state index in [1.807, 2.05) is 6.92 Å². The molecule has 1 N–H and O–H groups in total. The number of sulfonamides is 1. The van der Waals surface area contributed by atoms with Crippen LogP contribution < -0.4 is 10.3 Å². The molecule has 6 nitrogen and oxygen atoms in total. The molecule has 4 rings (SSSR count). The fraction of sp³-hybridized carbons (Fsp3) is 0.143. The zero-order chi connectivity index (χ0) is 21.5. The summed E-state index contributed by atoms with van der Waals surface area (Å²) in [5.41, 5.74) is 0.321. The number of nitrogens with zero attached hydrogens (tertiary/aromatic N) is 2. The highest BCUT2D eigenvalue weighted by atomic mass is 32.2. The molecule has 2 aromatic heterocycles. The molecule has 0 aliphatic heterocycles. The highest BCUT2D eigenvalue weighted by Gasteiger charge is 2.20. The number of rotatable bonds is 5. The normalized spacial score (nSPS) is 11.7. The lowest BCUT2D eigenvalue weighted by Crippen LogP contribution is -2.22. The van der Waals surface area contributed by atoms with E-state index in [0.717, 1.165) is 22.3 Å². The average Bonchev–Trinajstić information content (AvgIpc) is 3.20. The van der Waals surface area contributed by atoms with E-state index in [0.29, 0.717) is 28.8 Å². The molecule has 0 amide bonds. The lowest BCUT2D eigenvalue weighted by atomic mass is 10.2. The van der Waals surface area contributed by atoms with Gasteiger partial charge in [-0.15, -0.1) is 11.3 Å². The molecule has 0 fully saturated rings.